The number of alkyl halides is 3. The highest BCUT2D eigenvalue weighted by Gasteiger charge is 2.40. The Morgan fingerprint density at radius 3 is 2.43 bits per heavy atom. The molecule has 1 aliphatic heterocycles. The van der Waals surface area contributed by atoms with E-state index in [-0.39, 0.29) is 47.8 Å². The fourth-order valence-corrected chi connectivity index (χ4v) is 4.17. The Labute approximate surface area is 199 Å². The molecular formula is C23H26F4N6O2. The first-order valence-electron chi connectivity index (χ1n) is 11.1. The van der Waals surface area contributed by atoms with Crippen molar-refractivity contribution in [2.24, 2.45) is 0 Å². The lowest BCUT2D eigenvalue weighted by atomic mass is 10.1. The summed E-state index contributed by atoms with van der Waals surface area (Å²) in [6.07, 6.45) is -2.00. The quantitative estimate of drug-likeness (QED) is 0.476. The molecule has 0 bridgehead atoms. The van der Waals surface area contributed by atoms with E-state index in [4.69, 9.17) is 4.74 Å². The average molecular weight is 494 g/mol. The Morgan fingerprint density at radius 2 is 1.80 bits per heavy atom. The summed E-state index contributed by atoms with van der Waals surface area (Å²) in [6, 6.07) is 1.42. The van der Waals surface area contributed by atoms with Crippen LogP contribution in [0.5, 0.6) is 0 Å². The summed E-state index contributed by atoms with van der Waals surface area (Å²) in [5, 5.41) is -0.212. The minimum absolute atomic E-state index is 0.0358. The molecule has 0 aliphatic carbocycles. The van der Waals surface area contributed by atoms with Crippen molar-refractivity contribution in [2.45, 2.75) is 58.5 Å². The smallest absolute Gasteiger partial charge is 0.418 e. The van der Waals surface area contributed by atoms with Crippen LogP contribution >= 0.6 is 0 Å². The van der Waals surface area contributed by atoms with Crippen molar-refractivity contribution in [2.75, 3.05) is 18.0 Å². The van der Waals surface area contributed by atoms with E-state index in [1.54, 1.807) is 44.4 Å². The summed E-state index contributed by atoms with van der Waals surface area (Å²) >= 11 is 0. The number of carbonyl (C=O) groups is 1. The Balaban J connectivity index is 1.78. The lowest BCUT2D eigenvalue weighted by Gasteiger charge is -2.44. The van der Waals surface area contributed by atoms with E-state index in [9.17, 15) is 22.4 Å². The van der Waals surface area contributed by atoms with Gasteiger partial charge in [-0.3, -0.25) is 4.57 Å². The van der Waals surface area contributed by atoms with Crippen molar-refractivity contribution >= 4 is 22.9 Å². The number of fused-ring (bicyclic) bond motifs is 1. The van der Waals surface area contributed by atoms with Crippen LogP contribution in [0.3, 0.4) is 0 Å². The largest absolute Gasteiger partial charge is 0.444 e. The first-order valence-corrected chi connectivity index (χ1v) is 11.1. The second kappa shape index (κ2) is 8.65. The van der Waals surface area contributed by atoms with E-state index in [0.29, 0.717) is 0 Å². The third-order valence-corrected chi connectivity index (χ3v) is 5.71. The first kappa shape index (κ1) is 24.7. The normalized spacial score (nSPS) is 19.3. The number of halogens is 4. The molecule has 1 saturated heterocycles. The number of aromatic nitrogens is 4. The van der Waals surface area contributed by atoms with E-state index >= 15 is 0 Å². The average Bonchev–Trinajstić information content (AvgIpc) is 3.14. The third-order valence-electron chi connectivity index (χ3n) is 5.71. The molecule has 0 N–H and O–H groups in total. The van der Waals surface area contributed by atoms with Crippen molar-refractivity contribution in [3.05, 3.63) is 42.2 Å². The van der Waals surface area contributed by atoms with Gasteiger partial charge in [-0.2, -0.15) is 13.2 Å². The fraction of sp³-hybridized carbons (Fsp3) is 0.478. The van der Waals surface area contributed by atoms with Crippen molar-refractivity contribution in [3.8, 4) is 5.82 Å². The van der Waals surface area contributed by atoms with Gasteiger partial charge in [-0.1, -0.05) is 0 Å². The van der Waals surface area contributed by atoms with Gasteiger partial charge in [-0.25, -0.2) is 24.1 Å². The second-order valence-electron chi connectivity index (χ2n) is 9.62. The zero-order valence-electron chi connectivity index (χ0n) is 20.0. The number of piperazine rings is 1. The van der Waals surface area contributed by atoms with Crippen LogP contribution in [0.4, 0.5) is 28.2 Å². The van der Waals surface area contributed by atoms with E-state index in [2.05, 4.69) is 15.0 Å². The molecule has 1 aliphatic rings. The van der Waals surface area contributed by atoms with Crippen LogP contribution in [-0.4, -0.2) is 61.3 Å². The summed E-state index contributed by atoms with van der Waals surface area (Å²) in [7, 11) is 0. The zero-order chi connectivity index (χ0) is 25.7. The number of hydrogen-bond donors (Lipinski definition) is 0. The summed E-state index contributed by atoms with van der Waals surface area (Å²) < 4.78 is 62.8. The SMILES string of the molecule is CC1CN(C(=O)OC(C)(C)C)[C@@H](C)CN1c1ncnc2c1c(C(F)(F)F)cn2-c1cc(F)ccn1. The maximum absolute atomic E-state index is 14.1. The maximum atomic E-state index is 14.1. The van der Waals surface area contributed by atoms with Gasteiger partial charge in [0.15, 0.2) is 5.65 Å². The molecule has 1 fully saturated rings. The highest BCUT2D eigenvalue weighted by molar-refractivity contribution is 5.93. The van der Waals surface area contributed by atoms with Gasteiger partial charge in [0.05, 0.1) is 10.9 Å². The second-order valence-corrected chi connectivity index (χ2v) is 9.62. The first-order chi connectivity index (χ1) is 16.3. The monoisotopic (exact) mass is 494 g/mol. The minimum Gasteiger partial charge on any atom is -0.444 e. The molecule has 0 aromatic carbocycles. The van der Waals surface area contributed by atoms with Gasteiger partial charge < -0.3 is 14.5 Å². The highest BCUT2D eigenvalue weighted by atomic mass is 19.4. The number of carbonyl (C=O) groups excluding carboxylic acids is 1. The van der Waals surface area contributed by atoms with E-state index < -0.39 is 29.3 Å². The predicted octanol–water partition coefficient (Wildman–Crippen LogP) is 4.81. The third kappa shape index (κ3) is 4.87. The molecule has 3 aromatic rings. The summed E-state index contributed by atoms with van der Waals surface area (Å²) in [5.74, 6) is -0.590. The molecule has 35 heavy (non-hydrogen) atoms. The van der Waals surface area contributed by atoms with Crippen molar-refractivity contribution < 1.29 is 27.1 Å². The molecule has 4 rings (SSSR count). The zero-order valence-corrected chi connectivity index (χ0v) is 20.0. The molecule has 2 atom stereocenters. The molecule has 8 nitrogen and oxygen atoms in total. The lowest BCUT2D eigenvalue weighted by Crippen LogP contribution is -2.59. The van der Waals surface area contributed by atoms with Crippen molar-refractivity contribution in [1.29, 1.82) is 0 Å². The number of amides is 1. The minimum atomic E-state index is -4.72. The number of nitrogens with zero attached hydrogens (tertiary/aromatic N) is 6. The predicted molar refractivity (Wildman–Crippen MR) is 121 cm³/mol. The molecule has 0 radical (unpaired) electrons. The van der Waals surface area contributed by atoms with Crippen LogP contribution in [0.25, 0.3) is 16.9 Å². The van der Waals surface area contributed by atoms with Gasteiger partial charge in [-0.15, -0.1) is 0 Å². The Morgan fingerprint density at radius 1 is 1.09 bits per heavy atom. The van der Waals surface area contributed by atoms with E-state index in [1.807, 2.05) is 0 Å². The Kier molecular flexibility index (Phi) is 6.10. The van der Waals surface area contributed by atoms with Gasteiger partial charge in [0.2, 0.25) is 0 Å². The standard InChI is InChI=1S/C23H26F4N6O2/c1-13-10-32(21(34)35-22(3,4)5)14(2)9-31(13)19-18-16(23(25,26)27)11-33(20(18)30-12-29-19)17-8-15(24)6-7-28-17/h6-8,11-14H,9-10H2,1-5H3/t13?,14-/m0/s1. The summed E-state index contributed by atoms with van der Waals surface area (Å²) in [5.41, 5.74) is -1.68. The lowest BCUT2D eigenvalue weighted by molar-refractivity contribution is -0.136. The Bertz CT molecular complexity index is 1250. The number of anilines is 1. The molecule has 12 heteroatoms. The fourth-order valence-electron chi connectivity index (χ4n) is 4.17. The molecule has 0 spiro atoms. The van der Waals surface area contributed by atoms with Crippen LogP contribution in [0.2, 0.25) is 0 Å². The molecule has 1 amide bonds. The van der Waals surface area contributed by atoms with Crippen LogP contribution in [0.15, 0.2) is 30.9 Å². The number of pyridine rings is 1. The van der Waals surface area contributed by atoms with Gasteiger partial charge >= 0.3 is 12.3 Å². The number of rotatable bonds is 2. The molecule has 3 aromatic heterocycles. The Hall–Kier alpha value is -3.44. The molecule has 4 heterocycles. The molecular weight excluding hydrogens is 468 g/mol. The summed E-state index contributed by atoms with van der Waals surface area (Å²) in [6.45, 7) is 9.36. The number of hydrogen-bond acceptors (Lipinski definition) is 6. The highest BCUT2D eigenvalue weighted by Crippen LogP contribution is 2.41. The van der Waals surface area contributed by atoms with E-state index in [1.165, 1.54) is 12.5 Å². The van der Waals surface area contributed by atoms with Gasteiger partial charge in [0.1, 0.15) is 29.4 Å². The van der Waals surface area contributed by atoms with Gasteiger partial charge in [-0.05, 0) is 40.7 Å². The number of ether oxygens (including phenoxy) is 1. The van der Waals surface area contributed by atoms with Crippen LogP contribution in [-0.2, 0) is 10.9 Å². The molecule has 1 unspecified atom stereocenters. The van der Waals surface area contributed by atoms with Crippen LogP contribution < -0.4 is 4.90 Å². The molecule has 188 valence electrons. The van der Waals surface area contributed by atoms with Crippen LogP contribution in [0.1, 0.15) is 40.2 Å². The van der Waals surface area contributed by atoms with Gasteiger partial charge in [0, 0.05) is 43.6 Å². The topological polar surface area (TPSA) is 76.4 Å². The maximum Gasteiger partial charge on any atom is 0.418 e. The molecule has 0 saturated carbocycles. The van der Waals surface area contributed by atoms with Crippen LogP contribution in [0, 0.1) is 5.82 Å². The summed E-state index contributed by atoms with van der Waals surface area (Å²) in [4.78, 5) is 28.3. The van der Waals surface area contributed by atoms with Crippen molar-refractivity contribution in [1.82, 2.24) is 24.4 Å². The van der Waals surface area contributed by atoms with Gasteiger partial charge in [0.25, 0.3) is 0 Å². The van der Waals surface area contributed by atoms with E-state index in [0.717, 1.165) is 22.9 Å². The van der Waals surface area contributed by atoms with Crippen molar-refractivity contribution in [3.63, 3.8) is 0 Å².